The standard InChI is InChI=1S/C28H29N3O5/c1-17(28(35)36-3)29-25(32)18(2)31-16-24-22(10-7-11-23(24)27(31)34)19-12-14-20(15-13-19)26(33)30-21-8-5-4-6-9-21/h7,10-15,21H,1-2,4-6,8-9,16H2,3H3,(H,29,32)(H,30,33). The van der Waals surface area contributed by atoms with Crippen molar-refractivity contribution in [3.8, 4) is 11.1 Å². The Kier molecular flexibility index (Phi) is 7.33. The largest absolute Gasteiger partial charge is 0.464 e. The summed E-state index contributed by atoms with van der Waals surface area (Å²) in [6, 6.07) is 12.9. The number of nitrogens with one attached hydrogen (secondary N) is 2. The Morgan fingerprint density at radius 1 is 0.972 bits per heavy atom. The first-order valence-electron chi connectivity index (χ1n) is 11.9. The van der Waals surface area contributed by atoms with Crippen molar-refractivity contribution in [2.24, 2.45) is 0 Å². The summed E-state index contributed by atoms with van der Waals surface area (Å²) in [5, 5.41) is 5.43. The van der Waals surface area contributed by atoms with Crippen LogP contribution in [0.1, 0.15) is 58.4 Å². The van der Waals surface area contributed by atoms with Gasteiger partial charge in [-0.05, 0) is 47.7 Å². The lowest BCUT2D eigenvalue weighted by atomic mass is 9.94. The molecule has 8 heteroatoms. The third-order valence-electron chi connectivity index (χ3n) is 6.65. The molecule has 2 aromatic rings. The van der Waals surface area contributed by atoms with Gasteiger partial charge in [-0.15, -0.1) is 0 Å². The molecule has 8 nitrogen and oxygen atoms in total. The predicted molar refractivity (Wildman–Crippen MR) is 135 cm³/mol. The van der Waals surface area contributed by atoms with E-state index in [1.807, 2.05) is 18.2 Å². The van der Waals surface area contributed by atoms with Crippen LogP contribution in [0.15, 0.2) is 67.0 Å². The maximum Gasteiger partial charge on any atom is 0.353 e. The molecule has 4 rings (SSSR count). The first-order chi connectivity index (χ1) is 17.3. The van der Waals surface area contributed by atoms with E-state index in [9.17, 15) is 19.2 Å². The highest BCUT2D eigenvalue weighted by Crippen LogP contribution is 2.34. The Labute approximate surface area is 210 Å². The molecule has 1 saturated carbocycles. The number of carbonyl (C=O) groups excluding carboxylic acids is 4. The van der Waals surface area contributed by atoms with Crippen LogP contribution < -0.4 is 10.6 Å². The number of hydrogen-bond acceptors (Lipinski definition) is 5. The van der Waals surface area contributed by atoms with Crippen LogP contribution in [0.2, 0.25) is 0 Å². The van der Waals surface area contributed by atoms with Gasteiger partial charge in [-0.1, -0.05) is 56.7 Å². The summed E-state index contributed by atoms with van der Waals surface area (Å²) in [7, 11) is 1.17. The Hall–Kier alpha value is -4.20. The van der Waals surface area contributed by atoms with Crippen molar-refractivity contribution >= 4 is 23.7 Å². The lowest BCUT2D eigenvalue weighted by molar-refractivity contribution is -0.137. The zero-order valence-corrected chi connectivity index (χ0v) is 20.3. The lowest BCUT2D eigenvalue weighted by Gasteiger charge is -2.22. The number of esters is 1. The summed E-state index contributed by atoms with van der Waals surface area (Å²) in [4.78, 5) is 51.1. The Morgan fingerprint density at radius 3 is 2.31 bits per heavy atom. The molecular formula is C28H29N3O5. The minimum Gasteiger partial charge on any atom is -0.464 e. The van der Waals surface area contributed by atoms with E-state index in [-0.39, 0.29) is 35.8 Å². The highest BCUT2D eigenvalue weighted by molar-refractivity contribution is 6.08. The Balaban J connectivity index is 1.49. The lowest BCUT2D eigenvalue weighted by Crippen LogP contribution is -2.36. The second kappa shape index (κ2) is 10.6. The molecular weight excluding hydrogens is 458 g/mol. The Morgan fingerprint density at radius 2 is 1.64 bits per heavy atom. The zero-order valence-electron chi connectivity index (χ0n) is 20.3. The van der Waals surface area contributed by atoms with Gasteiger partial charge in [0.1, 0.15) is 11.4 Å². The van der Waals surface area contributed by atoms with Crippen molar-refractivity contribution in [2.45, 2.75) is 44.7 Å². The zero-order chi connectivity index (χ0) is 25.8. The number of benzene rings is 2. The van der Waals surface area contributed by atoms with Gasteiger partial charge < -0.3 is 15.4 Å². The van der Waals surface area contributed by atoms with Crippen LogP contribution in [0.5, 0.6) is 0 Å². The van der Waals surface area contributed by atoms with Gasteiger partial charge in [0, 0.05) is 17.2 Å². The van der Waals surface area contributed by atoms with Gasteiger partial charge in [-0.3, -0.25) is 19.3 Å². The van der Waals surface area contributed by atoms with Gasteiger partial charge in [-0.25, -0.2) is 4.79 Å². The molecule has 1 aliphatic carbocycles. The maximum absolute atomic E-state index is 13.1. The quantitative estimate of drug-likeness (QED) is 0.458. The molecule has 0 spiro atoms. The number of ether oxygens (including phenoxy) is 1. The summed E-state index contributed by atoms with van der Waals surface area (Å²) >= 11 is 0. The summed E-state index contributed by atoms with van der Waals surface area (Å²) in [5.74, 6) is -1.95. The Bertz CT molecular complexity index is 1240. The van der Waals surface area contributed by atoms with E-state index in [2.05, 4.69) is 28.5 Å². The third-order valence-corrected chi connectivity index (χ3v) is 6.65. The minimum absolute atomic E-state index is 0.0797. The third kappa shape index (κ3) is 5.07. The average Bonchev–Trinajstić information content (AvgIpc) is 3.24. The highest BCUT2D eigenvalue weighted by atomic mass is 16.5. The first kappa shape index (κ1) is 24.9. The topological polar surface area (TPSA) is 105 Å². The summed E-state index contributed by atoms with van der Waals surface area (Å²) in [6.45, 7) is 7.35. The predicted octanol–water partition coefficient (Wildman–Crippen LogP) is 3.69. The van der Waals surface area contributed by atoms with Crippen molar-refractivity contribution in [3.05, 3.63) is 83.7 Å². The molecule has 2 aliphatic rings. The van der Waals surface area contributed by atoms with E-state index in [1.54, 1.807) is 24.3 Å². The van der Waals surface area contributed by atoms with E-state index in [1.165, 1.54) is 18.4 Å². The van der Waals surface area contributed by atoms with Crippen molar-refractivity contribution in [1.29, 1.82) is 0 Å². The van der Waals surface area contributed by atoms with Gasteiger partial charge in [0.15, 0.2) is 0 Å². The molecule has 3 amide bonds. The van der Waals surface area contributed by atoms with E-state index in [0.29, 0.717) is 11.1 Å². The molecule has 186 valence electrons. The van der Waals surface area contributed by atoms with E-state index < -0.39 is 11.9 Å². The van der Waals surface area contributed by atoms with Crippen LogP contribution in [0.4, 0.5) is 0 Å². The first-order valence-corrected chi connectivity index (χ1v) is 11.9. The van der Waals surface area contributed by atoms with Gasteiger partial charge in [0.05, 0.1) is 13.7 Å². The monoisotopic (exact) mass is 487 g/mol. The van der Waals surface area contributed by atoms with Gasteiger partial charge in [-0.2, -0.15) is 0 Å². The minimum atomic E-state index is -0.787. The van der Waals surface area contributed by atoms with Gasteiger partial charge in [0.2, 0.25) is 0 Å². The molecule has 0 saturated heterocycles. The van der Waals surface area contributed by atoms with E-state index in [4.69, 9.17) is 0 Å². The second-order valence-corrected chi connectivity index (χ2v) is 8.98. The number of fused-ring (bicyclic) bond motifs is 1. The molecule has 1 heterocycles. The van der Waals surface area contributed by atoms with Crippen molar-refractivity contribution in [3.63, 3.8) is 0 Å². The molecule has 1 aliphatic heterocycles. The molecule has 36 heavy (non-hydrogen) atoms. The average molecular weight is 488 g/mol. The normalized spacial score (nSPS) is 15.1. The van der Waals surface area contributed by atoms with Crippen LogP contribution in [-0.4, -0.2) is 41.7 Å². The maximum atomic E-state index is 13.1. The number of hydrogen-bond donors (Lipinski definition) is 2. The molecule has 1 fully saturated rings. The fourth-order valence-electron chi connectivity index (χ4n) is 4.64. The fraction of sp³-hybridized carbons (Fsp3) is 0.286. The number of amides is 3. The van der Waals surface area contributed by atoms with Gasteiger partial charge >= 0.3 is 5.97 Å². The molecule has 0 unspecified atom stereocenters. The number of methoxy groups -OCH3 is 1. The molecule has 0 bridgehead atoms. The van der Waals surface area contributed by atoms with Crippen LogP contribution in [0.25, 0.3) is 11.1 Å². The van der Waals surface area contributed by atoms with E-state index in [0.717, 1.165) is 42.4 Å². The molecule has 2 N–H and O–H groups in total. The summed E-state index contributed by atoms with van der Waals surface area (Å²) in [5.41, 5.74) is 3.13. The van der Waals surface area contributed by atoms with Crippen molar-refractivity contribution in [1.82, 2.24) is 15.5 Å². The summed E-state index contributed by atoms with van der Waals surface area (Å²) in [6.07, 6.45) is 5.55. The molecule has 0 atom stereocenters. The molecule has 0 radical (unpaired) electrons. The van der Waals surface area contributed by atoms with Gasteiger partial charge in [0.25, 0.3) is 17.7 Å². The smallest absolute Gasteiger partial charge is 0.353 e. The van der Waals surface area contributed by atoms with Crippen LogP contribution >= 0.6 is 0 Å². The van der Waals surface area contributed by atoms with Crippen LogP contribution in [0, 0.1) is 0 Å². The molecule has 2 aromatic carbocycles. The van der Waals surface area contributed by atoms with Crippen molar-refractivity contribution < 1.29 is 23.9 Å². The fourth-order valence-corrected chi connectivity index (χ4v) is 4.64. The second-order valence-electron chi connectivity index (χ2n) is 8.98. The van der Waals surface area contributed by atoms with Crippen LogP contribution in [0.3, 0.4) is 0 Å². The molecule has 0 aromatic heterocycles. The highest BCUT2D eigenvalue weighted by Gasteiger charge is 2.33. The van der Waals surface area contributed by atoms with E-state index >= 15 is 0 Å². The van der Waals surface area contributed by atoms with Crippen molar-refractivity contribution in [2.75, 3.05) is 7.11 Å². The number of rotatable bonds is 7. The SMILES string of the molecule is C=C(NC(=O)C(=C)N1Cc2c(cccc2-c2ccc(C(=O)NC3CCCCC3)cc2)C1=O)C(=O)OC. The van der Waals surface area contributed by atoms with Crippen LogP contribution in [-0.2, 0) is 20.9 Å². The number of nitrogens with zero attached hydrogens (tertiary/aromatic N) is 1. The summed E-state index contributed by atoms with van der Waals surface area (Å²) < 4.78 is 4.53. The number of carbonyl (C=O) groups is 4.